The summed E-state index contributed by atoms with van der Waals surface area (Å²) in [6, 6.07) is 15.2. The minimum absolute atomic E-state index is 0.215. The molecule has 174 valence electrons. The van der Waals surface area contributed by atoms with Gasteiger partial charge < -0.3 is 19.3 Å². The van der Waals surface area contributed by atoms with E-state index in [9.17, 15) is 9.59 Å². The van der Waals surface area contributed by atoms with Crippen molar-refractivity contribution in [3.63, 3.8) is 0 Å². The Labute approximate surface area is 194 Å². The Kier molecular flexibility index (Phi) is 6.82. The minimum Gasteiger partial charge on any atom is -0.497 e. The first kappa shape index (κ1) is 22.6. The normalized spacial score (nSPS) is 20.7. The Morgan fingerprint density at radius 1 is 1.09 bits per heavy atom. The molecule has 1 N–H and O–H groups in total. The molecule has 0 aliphatic carbocycles. The summed E-state index contributed by atoms with van der Waals surface area (Å²) >= 11 is 0. The van der Waals surface area contributed by atoms with E-state index in [0.29, 0.717) is 19.0 Å². The lowest BCUT2D eigenvalue weighted by Crippen LogP contribution is -2.57. The zero-order valence-electron chi connectivity index (χ0n) is 19.3. The molecule has 2 aliphatic rings. The van der Waals surface area contributed by atoms with Gasteiger partial charge in [-0.3, -0.25) is 14.9 Å². The largest absolute Gasteiger partial charge is 0.497 e. The number of guanidine groups is 1. The van der Waals surface area contributed by atoms with E-state index < -0.39 is 17.9 Å². The van der Waals surface area contributed by atoms with Crippen molar-refractivity contribution < 1.29 is 19.1 Å². The molecule has 0 spiro atoms. The highest BCUT2D eigenvalue weighted by Crippen LogP contribution is 2.31. The Balaban J connectivity index is 1.54. The average molecular weight is 451 g/mol. The van der Waals surface area contributed by atoms with E-state index in [1.807, 2.05) is 55.5 Å². The molecule has 33 heavy (non-hydrogen) atoms. The first-order valence-electron chi connectivity index (χ1n) is 11.3. The molecule has 2 aromatic carbocycles. The van der Waals surface area contributed by atoms with Gasteiger partial charge in [0.15, 0.2) is 5.92 Å². The molecule has 2 heterocycles. The van der Waals surface area contributed by atoms with Gasteiger partial charge in [0.25, 0.3) is 0 Å². The van der Waals surface area contributed by atoms with Crippen molar-refractivity contribution in [3.8, 4) is 5.75 Å². The number of benzene rings is 2. The second-order valence-corrected chi connectivity index (χ2v) is 8.20. The number of amides is 1. The van der Waals surface area contributed by atoms with E-state index in [0.717, 1.165) is 35.7 Å². The lowest BCUT2D eigenvalue weighted by atomic mass is 9.90. The Bertz CT molecular complexity index is 1030. The molecule has 1 saturated heterocycles. The van der Waals surface area contributed by atoms with Gasteiger partial charge in [-0.05, 0) is 43.7 Å². The third-order valence-corrected chi connectivity index (χ3v) is 6.04. The lowest BCUT2D eigenvalue weighted by Gasteiger charge is -2.39. The van der Waals surface area contributed by atoms with Gasteiger partial charge in [-0.25, -0.2) is 4.99 Å². The Morgan fingerprint density at radius 2 is 1.79 bits per heavy atom. The van der Waals surface area contributed by atoms with Gasteiger partial charge in [0, 0.05) is 31.9 Å². The molecular formula is C25H30N4O4. The molecule has 1 amide bonds. The fourth-order valence-corrected chi connectivity index (χ4v) is 4.29. The number of nitrogens with one attached hydrogen (secondary N) is 1. The van der Waals surface area contributed by atoms with Gasteiger partial charge in [-0.1, -0.05) is 29.8 Å². The number of aliphatic imine (C=N–C) groups is 1. The summed E-state index contributed by atoms with van der Waals surface area (Å²) in [5.41, 5.74) is 3.01. The van der Waals surface area contributed by atoms with E-state index in [4.69, 9.17) is 14.5 Å². The minimum atomic E-state index is -1.00. The van der Waals surface area contributed by atoms with Crippen LogP contribution in [0.3, 0.4) is 0 Å². The maximum absolute atomic E-state index is 13.0. The number of methoxy groups -OCH3 is 1. The van der Waals surface area contributed by atoms with Crippen LogP contribution in [0.5, 0.6) is 5.75 Å². The first-order chi connectivity index (χ1) is 16.0. The summed E-state index contributed by atoms with van der Waals surface area (Å²) in [6.07, 6.45) is 0. The maximum Gasteiger partial charge on any atom is 0.321 e. The highest BCUT2D eigenvalue weighted by Gasteiger charge is 2.42. The molecule has 2 atom stereocenters. The molecule has 0 aromatic heterocycles. The van der Waals surface area contributed by atoms with Crippen LogP contribution in [-0.2, 0) is 14.3 Å². The monoisotopic (exact) mass is 450 g/mol. The molecule has 0 unspecified atom stereocenters. The number of rotatable bonds is 5. The van der Waals surface area contributed by atoms with Gasteiger partial charge >= 0.3 is 5.97 Å². The molecule has 0 saturated carbocycles. The van der Waals surface area contributed by atoms with Crippen LogP contribution in [0.2, 0.25) is 0 Å². The standard InChI is InChI=1S/C25H30N4O4/c1-4-33-24(31)21-22(18-7-5-6-17(2)16-18)26-25(27-23(21)30)29-14-12-28(13-15-29)19-8-10-20(32-3)11-9-19/h5-11,16,21-22H,4,12-15H2,1-3H3,(H,26,27,30)/t21-,22+/m0/s1. The van der Waals surface area contributed by atoms with Gasteiger partial charge in [0.1, 0.15) is 11.8 Å². The van der Waals surface area contributed by atoms with Crippen LogP contribution < -0.4 is 15.0 Å². The van der Waals surface area contributed by atoms with E-state index in [1.54, 1.807) is 14.0 Å². The van der Waals surface area contributed by atoms with Crippen molar-refractivity contribution >= 4 is 23.5 Å². The molecule has 0 radical (unpaired) electrons. The molecule has 2 aliphatic heterocycles. The fraction of sp³-hybridized carbons (Fsp3) is 0.400. The third-order valence-electron chi connectivity index (χ3n) is 6.04. The number of ether oxygens (including phenoxy) is 2. The molecule has 8 nitrogen and oxygen atoms in total. The number of anilines is 1. The van der Waals surface area contributed by atoms with E-state index in [1.165, 1.54) is 0 Å². The lowest BCUT2D eigenvalue weighted by molar-refractivity contribution is -0.153. The molecule has 1 fully saturated rings. The average Bonchev–Trinajstić information content (AvgIpc) is 2.84. The number of hydrogen-bond acceptors (Lipinski definition) is 7. The summed E-state index contributed by atoms with van der Waals surface area (Å²) in [5, 5.41) is 2.86. The number of carbonyl (C=O) groups excluding carboxylic acids is 2. The first-order valence-corrected chi connectivity index (χ1v) is 11.3. The van der Waals surface area contributed by atoms with Crippen molar-refractivity contribution in [3.05, 3.63) is 59.7 Å². The van der Waals surface area contributed by atoms with Crippen LogP contribution in [0.15, 0.2) is 53.5 Å². The zero-order valence-corrected chi connectivity index (χ0v) is 19.3. The second kappa shape index (κ2) is 9.94. The van der Waals surface area contributed by atoms with E-state index in [2.05, 4.69) is 15.1 Å². The summed E-state index contributed by atoms with van der Waals surface area (Å²) in [5.74, 6) is -0.580. The number of hydrogen-bond donors (Lipinski definition) is 1. The van der Waals surface area contributed by atoms with Gasteiger partial charge in [-0.2, -0.15) is 0 Å². The van der Waals surface area contributed by atoms with Crippen molar-refractivity contribution in [2.45, 2.75) is 19.9 Å². The molecule has 4 rings (SSSR count). The van der Waals surface area contributed by atoms with Crippen LogP contribution in [0.1, 0.15) is 24.1 Å². The molecule has 2 aromatic rings. The number of aryl methyl sites for hydroxylation is 1. The number of esters is 1. The van der Waals surface area contributed by atoms with Crippen LogP contribution in [0.25, 0.3) is 0 Å². The van der Waals surface area contributed by atoms with Crippen LogP contribution in [0.4, 0.5) is 5.69 Å². The Morgan fingerprint density at radius 3 is 2.42 bits per heavy atom. The highest BCUT2D eigenvalue weighted by atomic mass is 16.5. The summed E-state index contributed by atoms with van der Waals surface area (Å²) in [4.78, 5) is 34.9. The number of piperazine rings is 1. The van der Waals surface area contributed by atoms with E-state index >= 15 is 0 Å². The SMILES string of the molecule is CCOC(=O)[C@@H]1C(=O)NC(N2CCN(c3ccc(OC)cc3)CC2)=N[C@@H]1c1cccc(C)c1. The predicted molar refractivity (Wildman–Crippen MR) is 126 cm³/mol. The van der Waals surface area contributed by atoms with Crippen LogP contribution in [-0.4, -0.2) is 62.6 Å². The summed E-state index contributed by atoms with van der Waals surface area (Å²) in [7, 11) is 1.66. The van der Waals surface area contributed by atoms with Gasteiger partial charge in [0.05, 0.1) is 13.7 Å². The summed E-state index contributed by atoms with van der Waals surface area (Å²) < 4.78 is 10.4. The zero-order chi connectivity index (χ0) is 23.4. The third kappa shape index (κ3) is 4.94. The van der Waals surface area contributed by atoms with Gasteiger partial charge in [0.2, 0.25) is 11.9 Å². The van der Waals surface area contributed by atoms with E-state index in [-0.39, 0.29) is 12.5 Å². The quantitative estimate of drug-likeness (QED) is 0.557. The highest BCUT2D eigenvalue weighted by molar-refractivity contribution is 6.08. The smallest absolute Gasteiger partial charge is 0.321 e. The molecule has 0 bridgehead atoms. The molecule has 8 heteroatoms. The van der Waals surface area contributed by atoms with Gasteiger partial charge in [-0.15, -0.1) is 0 Å². The van der Waals surface area contributed by atoms with Crippen molar-refractivity contribution in [2.75, 3.05) is 44.8 Å². The summed E-state index contributed by atoms with van der Waals surface area (Å²) in [6.45, 7) is 6.92. The number of nitrogens with zero attached hydrogens (tertiary/aromatic N) is 3. The van der Waals surface area contributed by atoms with Crippen LogP contribution >= 0.6 is 0 Å². The van der Waals surface area contributed by atoms with Crippen LogP contribution in [0, 0.1) is 12.8 Å². The van der Waals surface area contributed by atoms with Crippen molar-refractivity contribution in [2.24, 2.45) is 10.9 Å². The topological polar surface area (TPSA) is 83.5 Å². The van der Waals surface area contributed by atoms with Crippen molar-refractivity contribution in [1.82, 2.24) is 10.2 Å². The molecular weight excluding hydrogens is 420 g/mol. The Hall–Kier alpha value is -3.55. The fourth-order valence-electron chi connectivity index (χ4n) is 4.29. The number of carbonyl (C=O) groups is 2. The predicted octanol–water partition coefficient (Wildman–Crippen LogP) is 2.53. The maximum atomic E-state index is 13.0. The second-order valence-electron chi connectivity index (χ2n) is 8.20. The van der Waals surface area contributed by atoms with Crippen molar-refractivity contribution in [1.29, 1.82) is 0 Å².